The summed E-state index contributed by atoms with van der Waals surface area (Å²) in [5.41, 5.74) is -28.1. The number of methoxy groups -OCH3 is 1. The van der Waals surface area contributed by atoms with Crippen LogP contribution < -0.4 is 0 Å². The molecular weight excluding hydrogens is 1240 g/mol. The lowest BCUT2D eigenvalue weighted by atomic mass is 9.50. The SMILES string of the molecule is CO[C@H]1O[C@H](C(O)[C@@H]2O[C@H](C(O)Cc3ccccc3)[C@](O)(Cc3ccccc3)[C@@](O)(Cc3ccccc3)[C@@]2(O)C(C)=O)[C@](O)(Cc2ccccc2)[C@@](O)(Cc2ccccc2)[C@@]1(O)[C@@H]1O[C@H](C(O)Cc2ccccc2)[C@](O)(Cc2ccccc2)[C@@](O)(Cc2ccccc2)[C@@]1(O)C(C)=O. The first kappa shape index (κ1) is 70.8. The summed E-state index contributed by atoms with van der Waals surface area (Å²) in [4.78, 5) is 30.8. The molecule has 3 heterocycles. The second kappa shape index (κ2) is 28.0. The van der Waals surface area contributed by atoms with Crippen molar-refractivity contribution in [3.8, 4) is 0 Å². The molecule has 510 valence electrons. The number of ketones is 2. The van der Waals surface area contributed by atoms with E-state index in [1.54, 1.807) is 218 Å². The van der Waals surface area contributed by atoms with Gasteiger partial charge in [0.05, 0.1) is 12.2 Å². The van der Waals surface area contributed by atoms with Gasteiger partial charge in [-0.2, -0.15) is 0 Å². The van der Waals surface area contributed by atoms with Crippen molar-refractivity contribution in [2.75, 3.05) is 7.11 Å². The second-order valence-corrected chi connectivity index (χ2v) is 26.8. The molecule has 3 fully saturated rings. The third-order valence-electron chi connectivity index (χ3n) is 20.9. The van der Waals surface area contributed by atoms with Crippen molar-refractivity contribution in [1.29, 1.82) is 0 Å². The Balaban J connectivity index is 1.18. The Hall–Kier alpha value is -7.54. The van der Waals surface area contributed by atoms with Gasteiger partial charge in [0.2, 0.25) is 0 Å². The van der Waals surface area contributed by atoms with Crippen LogP contribution in [0.5, 0.6) is 0 Å². The Labute approximate surface area is 563 Å². The van der Waals surface area contributed by atoms with Crippen LogP contribution in [0.2, 0.25) is 0 Å². The predicted molar refractivity (Wildman–Crippen MR) is 358 cm³/mol. The Morgan fingerprint density at radius 3 is 0.928 bits per heavy atom. The highest BCUT2D eigenvalue weighted by Crippen LogP contribution is 2.60. The highest BCUT2D eigenvalue weighted by molar-refractivity contribution is 5.89. The van der Waals surface area contributed by atoms with Gasteiger partial charge in [0.15, 0.2) is 34.7 Å². The van der Waals surface area contributed by atoms with Crippen molar-refractivity contribution in [1.82, 2.24) is 0 Å². The number of ether oxygens (including phenoxy) is 4. The first-order valence-electron chi connectivity index (χ1n) is 32.7. The second-order valence-electron chi connectivity index (χ2n) is 26.8. The molecule has 8 aromatic carbocycles. The van der Waals surface area contributed by atoms with E-state index in [2.05, 4.69) is 0 Å². The van der Waals surface area contributed by atoms with Gasteiger partial charge in [-0.05, 0) is 58.4 Å². The first-order valence-corrected chi connectivity index (χ1v) is 32.7. The van der Waals surface area contributed by atoms with E-state index >= 15 is 14.7 Å². The number of benzene rings is 8. The van der Waals surface area contributed by atoms with Crippen LogP contribution in [-0.2, 0) is 79.9 Å². The molecule has 11 rings (SSSR count). The maximum absolute atomic E-state index is 15.5. The van der Waals surface area contributed by atoms with E-state index < -0.39 is 156 Å². The molecule has 8 aromatic rings. The van der Waals surface area contributed by atoms with E-state index in [9.17, 15) is 56.2 Å². The van der Waals surface area contributed by atoms with Gasteiger partial charge >= 0.3 is 0 Å². The first-order chi connectivity index (χ1) is 46.3. The molecule has 18 nitrogen and oxygen atoms in total. The summed E-state index contributed by atoms with van der Waals surface area (Å²) in [6.07, 6.45) is -27.0. The Morgan fingerprint density at radius 1 is 0.351 bits per heavy atom. The molecule has 18 heteroatoms. The topological polar surface area (TPSA) is 314 Å². The van der Waals surface area contributed by atoms with Gasteiger partial charge in [-0.1, -0.05) is 243 Å². The third-order valence-corrected chi connectivity index (χ3v) is 20.9. The molecule has 0 aliphatic carbocycles. The van der Waals surface area contributed by atoms with E-state index in [1.165, 1.54) is 24.3 Å². The molecule has 0 amide bonds. The van der Waals surface area contributed by atoms with Crippen molar-refractivity contribution >= 4 is 11.6 Å². The molecule has 3 aliphatic heterocycles. The quantitative estimate of drug-likeness (QED) is 0.0391. The number of aliphatic hydroxyl groups excluding tert-OH is 3. The van der Waals surface area contributed by atoms with Crippen molar-refractivity contribution < 1.29 is 89.8 Å². The average molecular weight is 1320 g/mol. The van der Waals surface area contributed by atoms with E-state index in [0.29, 0.717) is 22.3 Å². The highest BCUT2D eigenvalue weighted by Gasteiger charge is 2.85. The summed E-state index contributed by atoms with van der Waals surface area (Å²) in [5, 5.41) is 170. The monoisotopic (exact) mass is 1320 g/mol. The van der Waals surface area contributed by atoms with Crippen LogP contribution in [0, 0.1) is 0 Å². The smallest absolute Gasteiger partial charge is 0.192 e. The number of hydrogen-bond acceptors (Lipinski definition) is 18. The Morgan fingerprint density at radius 2 is 0.619 bits per heavy atom. The van der Waals surface area contributed by atoms with E-state index in [-0.39, 0.29) is 35.1 Å². The van der Waals surface area contributed by atoms with Gasteiger partial charge in [-0.3, -0.25) is 9.59 Å². The van der Waals surface area contributed by atoms with Gasteiger partial charge in [0.25, 0.3) is 0 Å². The van der Waals surface area contributed by atoms with Crippen molar-refractivity contribution in [3.63, 3.8) is 0 Å². The van der Waals surface area contributed by atoms with Crippen LogP contribution >= 0.6 is 0 Å². The van der Waals surface area contributed by atoms with Gasteiger partial charge in [0.1, 0.15) is 70.2 Å². The summed E-state index contributed by atoms with van der Waals surface area (Å²) < 4.78 is 26.9. The largest absolute Gasteiger partial charge is 0.390 e. The summed E-state index contributed by atoms with van der Waals surface area (Å²) in [7, 11) is 0.976. The summed E-state index contributed by atoms with van der Waals surface area (Å²) in [6.45, 7) is 1.76. The molecule has 0 aromatic heterocycles. The van der Waals surface area contributed by atoms with Crippen LogP contribution in [0.3, 0.4) is 0 Å². The predicted octanol–water partition coefficient (Wildman–Crippen LogP) is 4.67. The molecule has 0 radical (unpaired) electrons. The minimum absolute atomic E-state index is 0.115. The zero-order valence-corrected chi connectivity index (χ0v) is 54.3. The number of carbonyl (C=O) groups is 2. The molecule has 0 saturated carbocycles. The molecular formula is C79H86O18. The fraction of sp³-hybridized carbons (Fsp3) is 0.367. The van der Waals surface area contributed by atoms with Crippen LogP contribution in [0.15, 0.2) is 243 Å². The molecule has 0 bridgehead atoms. The molecule has 3 unspecified atom stereocenters. The van der Waals surface area contributed by atoms with Crippen molar-refractivity contribution in [2.24, 2.45) is 0 Å². The highest BCUT2D eigenvalue weighted by atomic mass is 16.7. The van der Waals surface area contributed by atoms with Crippen LogP contribution in [0.4, 0.5) is 0 Å². The lowest BCUT2D eigenvalue weighted by molar-refractivity contribution is -0.460. The Kier molecular flexibility index (Phi) is 20.4. The summed E-state index contributed by atoms with van der Waals surface area (Å²) in [5.74, 6) is -2.68. The fourth-order valence-electron chi connectivity index (χ4n) is 16.0. The zero-order valence-electron chi connectivity index (χ0n) is 54.3. The van der Waals surface area contributed by atoms with Crippen molar-refractivity contribution in [3.05, 3.63) is 287 Å². The molecule has 18 atom stereocenters. The average Bonchev–Trinajstić information content (AvgIpc) is 0.665. The summed E-state index contributed by atoms with van der Waals surface area (Å²) in [6, 6.07) is 65.3. The third kappa shape index (κ3) is 12.2. The standard InChI is InChI=1S/C79H86O18/c1-52(80)77(91)68(95-65(62(82)44-54-28-12-4-13-29-54)71(85,46-56-32-16-6-17-33-56)74(77,88)49-59-38-22-9-23-39-59)64(84)67-73(87,48-58-36-20-8-21-37-58)76(90,51-61-42-26-11-27-43-61)79(93,70(94-3)97-67)69-78(92,53(2)81)75(89,50-60-40-24-10-25-41-60)72(86,47-57-34-18-7-19-35-57)66(96-69)63(83)45-55-30-14-5-15-31-55/h4-43,62-70,82-93H,44-51H2,1-3H3/t62?,63?,64?,65-,66-,67-,68+,69-,70+,71-,72-,73-,74+,75+,76+,77-,78-,79-/m1/s1. The van der Waals surface area contributed by atoms with Gasteiger partial charge < -0.3 is 80.2 Å². The maximum atomic E-state index is 15.5. The van der Waals surface area contributed by atoms with Gasteiger partial charge in [-0.15, -0.1) is 0 Å². The van der Waals surface area contributed by atoms with Gasteiger partial charge in [-0.25, -0.2) is 0 Å². The normalized spacial score (nSPS) is 33.7. The van der Waals surface area contributed by atoms with Crippen LogP contribution in [0.25, 0.3) is 0 Å². The number of carbonyl (C=O) groups excluding carboxylic acids is 2. The molecule has 3 saturated heterocycles. The molecule has 3 aliphatic rings. The van der Waals surface area contributed by atoms with Crippen LogP contribution in [0.1, 0.15) is 58.4 Å². The number of aliphatic hydroxyl groups is 12. The lowest BCUT2D eigenvalue weighted by Crippen LogP contribution is -2.93. The molecule has 97 heavy (non-hydrogen) atoms. The maximum Gasteiger partial charge on any atom is 0.192 e. The minimum Gasteiger partial charge on any atom is -0.390 e. The van der Waals surface area contributed by atoms with E-state index in [4.69, 9.17) is 18.9 Å². The number of hydrogen-bond donors (Lipinski definition) is 12. The van der Waals surface area contributed by atoms with Gasteiger partial charge in [0, 0.05) is 58.5 Å². The lowest BCUT2D eigenvalue weighted by Gasteiger charge is -2.69. The number of Topliss-reactive ketones (excluding diaryl/α,β-unsaturated/α-hetero) is 2. The van der Waals surface area contributed by atoms with Crippen LogP contribution in [-0.4, -0.2) is 185 Å². The zero-order chi connectivity index (χ0) is 69.2. The van der Waals surface area contributed by atoms with E-state index in [1.807, 2.05) is 0 Å². The fourth-order valence-corrected chi connectivity index (χ4v) is 16.0. The summed E-state index contributed by atoms with van der Waals surface area (Å²) >= 11 is 0. The molecule has 12 N–H and O–H groups in total. The van der Waals surface area contributed by atoms with E-state index in [0.717, 1.165) is 21.0 Å². The number of rotatable bonds is 24. The minimum atomic E-state index is -3.75. The Bertz CT molecular complexity index is 3910. The molecule has 0 spiro atoms. The van der Waals surface area contributed by atoms with Crippen molar-refractivity contribution in [2.45, 2.75) is 171 Å².